The quantitative estimate of drug-likeness (QED) is 0.693. The summed E-state index contributed by atoms with van der Waals surface area (Å²) in [6.07, 6.45) is 1.69. The molecular formula is C17H24N2O2. The molecule has 0 aliphatic carbocycles. The normalized spacial score (nSPS) is 10.8. The van der Waals surface area contributed by atoms with E-state index in [1.54, 1.807) is 6.26 Å². The highest BCUT2D eigenvalue weighted by molar-refractivity contribution is 5.46. The SMILES string of the molecule is CC(C)COc1ccc(NCCNCc2ccco2)cc1. The van der Waals surface area contributed by atoms with E-state index in [4.69, 9.17) is 9.15 Å². The van der Waals surface area contributed by atoms with Gasteiger partial charge in [0.25, 0.3) is 0 Å². The van der Waals surface area contributed by atoms with E-state index in [1.807, 2.05) is 36.4 Å². The molecule has 0 bridgehead atoms. The molecule has 114 valence electrons. The van der Waals surface area contributed by atoms with Gasteiger partial charge in [-0.05, 0) is 42.3 Å². The summed E-state index contributed by atoms with van der Waals surface area (Å²) < 4.78 is 10.9. The van der Waals surface area contributed by atoms with Crippen molar-refractivity contribution < 1.29 is 9.15 Å². The minimum Gasteiger partial charge on any atom is -0.493 e. The fourth-order valence-electron chi connectivity index (χ4n) is 1.85. The van der Waals surface area contributed by atoms with Crippen LogP contribution < -0.4 is 15.4 Å². The van der Waals surface area contributed by atoms with E-state index in [9.17, 15) is 0 Å². The van der Waals surface area contributed by atoms with Crippen LogP contribution in [0, 0.1) is 5.92 Å². The van der Waals surface area contributed by atoms with Gasteiger partial charge in [-0.3, -0.25) is 0 Å². The second-order valence-corrected chi connectivity index (χ2v) is 5.41. The lowest BCUT2D eigenvalue weighted by atomic mass is 10.2. The maximum Gasteiger partial charge on any atom is 0.119 e. The molecule has 0 amide bonds. The number of rotatable bonds is 9. The molecule has 0 unspecified atom stereocenters. The molecule has 0 aliphatic rings. The highest BCUT2D eigenvalue weighted by Gasteiger charge is 1.98. The molecule has 2 aromatic rings. The van der Waals surface area contributed by atoms with E-state index >= 15 is 0 Å². The minimum absolute atomic E-state index is 0.544. The zero-order valence-electron chi connectivity index (χ0n) is 12.8. The molecule has 0 saturated heterocycles. The molecule has 0 spiro atoms. The third-order valence-electron chi connectivity index (χ3n) is 2.95. The lowest BCUT2D eigenvalue weighted by Crippen LogP contribution is -2.21. The Hall–Kier alpha value is -1.94. The number of hydrogen-bond acceptors (Lipinski definition) is 4. The average molecular weight is 288 g/mol. The van der Waals surface area contributed by atoms with Gasteiger partial charge in [-0.2, -0.15) is 0 Å². The second-order valence-electron chi connectivity index (χ2n) is 5.41. The predicted molar refractivity (Wildman–Crippen MR) is 85.7 cm³/mol. The van der Waals surface area contributed by atoms with Gasteiger partial charge in [0.1, 0.15) is 11.5 Å². The monoisotopic (exact) mass is 288 g/mol. The Kier molecular flexibility index (Phi) is 6.16. The highest BCUT2D eigenvalue weighted by Crippen LogP contribution is 2.16. The number of anilines is 1. The molecule has 1 aromatic heterocycles. The van der Waals surface area contributed by atoms with E-state index in [2.05, 4.69) is 24.5 Å². The first-order valence-electron chi connectivity index (χ1n) is 7.44. The van der Waals surface area contributed by atoms with Crippen molar-refractivity contribution in [3.8, 4) is 5.75 Å². The van der Waals surface area contributed by atoms with E-state index in [-0.39, 0.29) is 0 Å². The lowest BCUT2D eigenvalue weighted by Gasteiger charge is -2.10. The molecule has 0 aliphatic heterocycles. The number of nitrogens with one attached hydrogen (secondary N) is 2. The van der Waals surface area contributed by atoms with Crippen molar-refractivity contribution in [3.05, 3.63) is 48.4 Å². The van der Waals surface area contributed by atoms with Crippen molar-refractivity contribution in [1.82, 2.24) is 5.32 Å². The van der Waals surface area contributed by atoms with Gasteiger partial charge in [-0.25, -0.2) is 0 Å². The standard InChI is InChI=1S/C17H24N2O2/c1-14(2)13-21-16-7-5-15(6-8-16)19-10-9-18-12-17-4-3-11-20-17/h3-8,11,14,18-19H,9-10,12-13H2,1-2H3. The van der Waals surface area contributed by atoms with Crippen LogP contribution in [0.4, 0.5) is 5.69 Å². The van der Waals surface area contributed by atoms with Gasteiger partial charge in [-0.1, -0.05) is 13.8 Å². The molecule has 0 atom stereocenters. The highest BCUT2D eigenvalue weighted by atomic mass is 16.5. The zero-order chi connectivity index (χ0) is 14.9. The Labute approximate surface area is 126 Å². The summed E-state index contributed by atoms with van der Waals surface area (Å²) in [4.78, 5) is 0. The molecule has 0 saturated carbocycles. The van der Waals surface area contributed by atoms with Crippen LogP contribution in [0.25, 0.3) is 0 Å². The maximum atomic E-state index is 5.66. The van der Waals surface area contributed by atoms with Gasteiger partial charge in [0.05, 0.1) is 19.4 Å². The third-order valence-corrected chi connectivity index (χ3v) is 2.95. The summed E-state index contributed by atoms with van der Waals surface area (Å²) in [6.45, 7) is 7.55. The first-order valence-corrected chi connectivity index (χ1v) is 7.44. The molecule has 21 heavy (non-hydrogen) atoms. The van der Waals surface area contributed by atoms with Gasteiger partial charge in [0.2, 0.25) is 0 Å². The second kappa shape index (κ2) is 8.37. The minimum atomic E-state index is 0.544. The summed E-state index contributed by atoms with van der Waals surface area (Å²) in [7, 11) is 0. The van der Waals surface area contributed by atoms with E-state index in [1.165, 1.54) is 0 Å². The zero-order valence-corrected chi connectivity index (χ0v) is 12.8. The topological polar surface area (TPSA) is 46.4 Å². The van der Waals surface area contributed by atoms with E-state index in [0.29, 0.717) is 5.92 Å². The predicted octanol–water partition coefficient (Wildman–Crippen LogP) is 3.52. The van der Waals surface area contributed by atoms with E-state index in [0.717, 1.165) is 43.4 Å². The number of benzene rings is 1. The summed E-state index contributed by atoms with van der Waals surface area (Å²) in [5.74, 6) is 2.43. The van der Waals surface area contributed by atoms with Crippen molar-refractivity contribution in [3.63, 3.8) is 0 Å². The molecule has 2 N–H and O–H groups in total. The number of hydrogen-bond donors (Lipinski definition) is 2. The van der Waals surface area contributed by atoms with Crippen LogP contribution in [0.2, 0.25) is 0 Å². The smallest absolute Gasteiger partial charge is 0.119 e. The molecule has 4 nitrogen and oxygen atoms in total. The molecule has 0 fully saturated rings. The number of furan rings is 1. The van der Waals surface area contributed by atoms with Crippen molar-refractivity contribution in [2.75, 3.05) is 25.0 Å². The summed E-state index contributed by atoms with van der Waals surface area (Å²) in [6, 6.07) is 12.0. The Morgan fingerprint density at radius 2 is 1.90 bits per heavy atom. The van der Waals surface area contributed by atoms with Gasteiger partial charge >= 0.3 is 0 Å². The largest absolute Gasteiger partial charge is 0.493 e. The van der Waals surface area contributed by atoms with Crippen molar-refractivity contribution in [1.29, 1.82) is 0 Å². The summed E-state index contributed by atoms with van der Waals surface area (Å²) in [5, 5.41) is 6.69. The van der Waals surface area contributed by atoms with Gasteiger partial charge < -0.3 is 19.8 Å². The fraction of sp³-hybridized carbons (Fsp3) is 0.412. The Bertz CT molecular complexity index is 492. The average Bonchev–Trinajstić information content (AvgIpc) is 2.99. The Balaban J connectivity index is 1.62. The van der Waals surface area contributed by atoms with Crippen LogP contribution in [0.15, 0.2) is 47.1 Å². The molecule has 1 heterocycles. The van der Waals surface area contributed by atoms with Gasteiger partial charge in [-0.15, -0.1) is 0 Å². The molecule has 2 rings (SSSR count). The molecule has 4 heteroatoms. The van der Waals surface area contributed by atoms with Crippen molar-refractivity contribution in [2.24, 2.45) is 5.92 Å². The number of ether oxygens (including phenoxy) is 1. The fourth-order valence-corrected chi connectivity index (χ4v) is 1.85. The van der Waals surface area contributed by atoms with Crippen LogP contribution in [0.5, 0.6) is 5.75 Å². The van der Waals surface area contributed by atoms with Crippen LogP contribution in [0.1, 0.15) is 19.6 Å². The van der Waals surface area contributed by atoms with Crippen LogP contribution in [-0.4, -0.2) is 19.7 Å². The Morgan fingerprint density at radius 3 is 2.57 bits per heavy atom. The maximum absolute atomic E-state index is 5.66. The summed E-state index contributed by atoms with van der Waals surface area (Å²) >= 11 is 0. The molecule has 0 radical (unpaired) electrons. The molecular weight excluding hydrogens is 264 g/mol. The van der Waals surface area contributed by atoms with Crippen molar-refractivity contribution >= 4 is 5.69 Å². The third kappa shape index (κ3) is 5.92. The van der Waals surface area contributed by atoms with Crippen LogP contribution >= 0.6 is 0 Å². The van der Waals surface area contributed by atoms with Crippen molar-refractivity contribution in [2.45, 2.75) is 20.4 Å². The summed E-state index contributed by atoms with van der Waals surface area (Å²) in [5.41, 5.74) is 1.10. The molecule has 1 aromatic carbocycles. The van der Waals surface area contributed by atoms with Gasteiger partial charge in [0.15, 0.2) is 0 Å². The van der Waals surface area contributed by atoms with Crippen LogP contribution in [-0.2, 0) is 6.54 Å². The van der Waals surface area contributed by atoms with Crippen LogP contribution in [0.3, 0.4) is 0 Å². The first kappa shape index (κ1) is 15.4. The van der Waals surface area contributed by atoms with E-state index < -0.39 is 0 Å². The lowest BCUT2D eigenvalue weighted by molar-refractivity contribution is 0.271. The Morgan fingerprint density at radius 1 is 1.10 bits per heavy atom. The van der Waals surface area contributed by atoms with Gasteiger partial charge in [0, 0.05) is 18.8 Å². The first-order chi connectivity index (χ1) is 10.2.